The number of para-hydroxylation sites is 1. The van der Waals surface area contributed by atoms with Crippen molar-refractivity contribution in [1.82, 2.24) is 24.6 Å². The summed E-state index contributed by atoms with van der Waals surface area (Å²) in [5.74, 6) is 1.12. The quantitative estimate of drug-likeness (QED) is 0.372. The van der Waals surface area contributed by atoms with Crippen LogP contribution < -0.4 is 10.4 Å². The summed E-state index contributed by atoms with van der Waals surface area (Å²) in [6, 6.07) is 14.5. The van der Waals surface area contributed by atoms with E-state index < -0.39 is 11.5 Å². The Bertz CT molecular complexity index is 1720. The van der Waals surface area contributed by atoms with E-state index in [9.17, 15) is 4.79 Å². The predicted octanol–water partition coefficient (Wildman–Crippen LogP) is 4.17. The maximum absolute atomic E-state index is 13.2. The van der Waals surface area contributed by atoms with Crippen LogP contribution in [-0.4, -0.2) is 24.6 Å². The molecule has 5 aromatic heterocycles. The highest BCUT2D eigenvalue weighted by Crippen LogP contribution is 2.48. The first kappa shape index (κ1) is 17.8. The molecule has 0 amide bonds. The topological polar surface area (TPSA) is 109 Å². The van der Waals surface area contributed by atoms with Crippen LogP contribution in [0.4, 0.5) is 0 Å². The third-order valence-electron chi connectivity index (χ3n) is 5.71. The number of furan rings is 1. The van der Waals surface area contributed by atoms with E-state index in [1.807, 2.05) is 24.3 Å². The van der Waals surface area contributed by atoms with Crippen LogP contribution in [0.2, 0.25) is 0 Å². The van der Waals surface area contributed by atoms with Gasteiger partial charge in [0, 0.05) is 18.0 Å². The molecule has 0 saturated carbocycles. The minimum absolute atomic E-state index is 0.331. The molecule has 1 aliphatic heterocycles. The number of rotatable bonds is 2. The van der Waals surface area contributed by atoms with Crippen LogP contribution in [0.5, 0.6) is 11.6 Å². The summed E-state index contributed by atoms with van der Waals surface area (Å²) in [5.41, 5.74) is 2.09. The van der Waals surface area contributed by atoms with Crippen molar-refractivity contribution in [2.45, 2.75) is 5.92 Å². The first-order valence-electron chi connectivity index (χ1n) is 10.2. The molecule has 1 atom stereocenters. The van der Waals surface area contributed by atoms with Gasteiger partial charge < -0.3 is 13.6 Å². The molecule has 0 aliphatic carbocycles. The van der Waals surface area contributed by atoms with Crippen molar-refractivity contribution < 1.29 is 13.6 Å². The largest absolute Gasteiger partial charge is 0.468 e. The fourth-order valence-electron chi connectivity index (χ4n) is 4.29. The maximum Gasteiger partial charge on any atom is 0.344 e. The lowest BCUT2D eigenvalue weighted by atomic mass is 9.88. The van der Waals surface area contributed by atoms with E-state index in [1.165, 1.54) is 0 Å². The second-order valence-corrected chi connectivity index (χ2v) is 7.59. The van der Waals surface area contributed by atoms with Crippen molar-refractivity contribution in [3.05, 3.63) is 101 Å². The highest BCUT2D eigenvalue weighted by molar-refractivity contribution is 5.86. The Kier molecular flexibility index (Phi) is 3.57. The molecule has 9 heteroatoms. The van der Waals surface area contributed by atoms with Crippen LogP contribution in [0, 0.1) is 0 Å². The number of nitrogens with zero attached hydrogens (tertiary/aromatic N) is 5. The van der Waals surface area contributed by atoms with Crippen LogP contribution in [0.15, 0.2) is 87.1 Å². The zero-order chi connectivity index (χ0) is 21.9. The molecule has 6 aromatic rings. The molecule has 33 heavy (non-hydrogen) atoms. The summed E-state index contributed by atoms with van der Waals surface area (Å²) in [7, 11) is 0. The molecule has 0 saturated heterocycles. The number of ether oxygens (including phenoxy) is 1. The molecule has 0 radical (unpaired) electrons. The molecule has 0 fully saturated rings. The van der Waals surface area contributed by atoms with Crippen LogP contribution >= 0.6 is 0 Å². The summed E-state index contributed by atoms with van der Waals surface area (Å²) >= 11 is 0. The van der Waals surface area contributed by atoms with E-state index in [0.717, 1.165) is 5.56 Å². The molecule has 1 unspecified atom stereocenters. The Balaban J connectivity index is 1.56. The third kappa shape index (κ3) is 2.56. The third-order valence-corrected chi connectivity index (χ3v) is 5.71. The molecular formula is C24H13N5O4. The second kappa shape index (κ2) is 6.60. The van der Waals surface area contributed by atoms with E-state index >= 15 is 0 Å². The van der Waals surface area contributed by atoms with Crippen LogP contribution in [-0.2, 0) is 0 Å². The van der Waals surface area contributed by atoms with Gasteiger partial charge in [-0.05, 0) is 36.4 Å². The van der Waals surface area contributed by atoms with Crippen molar-refractivity contribution in [3.63, 3.8) is 0 Å². The Morgan fingerprint density at radius 2 is 1.94 bits per heavy atom. The zero-order valence-corrected chi connectivity index (χ0v) is 16.9. The van der Waals surface area contributed by atoms with Gasteiger partial charge in [-0.2, -0.15) is 0 Å². The highest BCUT2D eigenvalue weighted by Gasteiger charge is 2.39. The van der Waals surface area contributed by atoms with Gasteiger partial charge in [0.2, 0.25) is 5.88 Å². The monoisotopic (exact) mass is 435 g/mol. The SMILES string of the molecule is O=c1oc2ccccc2c2c1C(c1ccco1)c1c(ncn3nc(-c4cccnc4)nc13)O2. The first-order chi connectivity index (χ1) is 16.3. The van der Waals surface area contributed by atoms with Gasteiger partial charge in [0.05, 0.1) is 28.7 Å². The summed E-state index contributed by atoms with van der Waals surface area (Å²) in [5, 5.41) is 5.23. The Hall–Kier alpha value is -4.79. The van der Waals surface area contributed by atoms with Crippen molar-refractivity contribution in [1.29, 1.82) is 0 Å². The van der Waals surface area contributed by atoms with Gasteiger partial charge in [0.15, 0.2) is 17.2 Å². The van der Waals surface area contributed by atoms with Gasteiger partial charge in [0.25, 0.3) is 0 Å². The average molecular weight is 435 g/mol. The lowest BCUT2D eigenvalue weighted by Gasteiger charge is -2.25. The molecule has 0 spiro atoms. The van der Waals surface area contributed by atoms with Crippen molar-refractivity contribution in [3.8, 4) is 23.0 Å². The summed E-state index contributed by atoms with van der Waals surface area (Å²) < 4.78 is 19.2. The van der Waals surface area contributed by atoms with E-state index in [1.54, 1.807) is 53.8 Å². The van der Waals surface area contributed by atoms with Gasteiger partial charge in [-0.3, -0.25) is 4.98 Å². The number of benzene rings is 1. The lowest BCUT2D eigenvalue weighted by molar-refractivity contribution is 0.406. The van der Waals surface area contributed by atoms with Gasteiger partial charge in [0.1, 0.15) is 17.7 Å². The molecule has 6 heterocycles. The molecule has 0 bridgehead atoms. The molecule has 0 N–H and O–H groups in total. The number of pyridine rings is 1. The number of fused-ring (bicyclic) bond motifs is 6. The van der Waals surface area contributed by atoms with Crippen LogP contribution in [0.25, 0.3) is 28.0 Å². The highest BCUT2D eigenvalue weighted by atomic mass is 16.5. The van der Waals surface area contributed by atoms with E-state index in [4.69, 9.17) is 18.6 Å². The van der Waals surface area contributed by atoms with Crippen molar-refractivity contribution in [2.75, 3.05) is 0 Å². The molecule has 1 aliphatic rings. The van der Waals surface area contributed by atoms with Gasteiger partial charge >= 0.3 is 5.63 Å². The Morgan fingerprint density at radius 1 is 1.00 bits per heavy atom. The minimum Gasteiger partial charge on any atom is -0.468 e. The van der Waals surface area contributed by atoms with Gasteiger partial charge in [-0.25, -0.2) is 19.3 Å². The zero-order valence-electron chi connectivity index (χ0n) is 16.9. The normalized spacial score (nSPS) is 14.7. The van der Waals surface area contributed by atoms with Gasteiger partial charge in [-0.15, -0.1) is 5.10 Å². The number of hydrogen-bond acceptors (Lipinski definition) is 8. The smallest absolute Gasteiger partial charge is 0.344 e. The summed E-state index contributed by atoms with van der Waals surface area (Å²) in [6.07, 6.45) is 6.47. The predicted molar refractivity (Wildman–Crippen MR) is 116 cm³/mol. The molecule has 1 aromatic carbocycles. The van der Waals surface area contributed by atoms with Gasteiger partial charge in [-0.1, -0.05) is 12.1 Å². The minimum atomic E-state index is -0.637. The van der Waals surface area contributed by atoms with E-state index in [-0.39, 0.29) is 0 Å². The van der Waals surface area contributed by atoms with E-state index in [0.29, 0.717) is 51.0 Å². The fourth-order valence-corrected chi connectivity index (χ4v) is 4.29. The molecule has 9 nitrogen and oxygen atoms in total. The average Bonchev–Trinajstić information content (AvgIpc) is 3.54. The van der Waals surface area contributed by atoms with Crippen LogP contribution in [0.3, 0.4) is 0 Å². The maximum atomic E-state index is 13.2. The Labute approximate surface area is 184 Å². The fraction of sp³-hybridized carbons (Fsp3) is 0.0417. The number of aromatic nitrogens is 5. The van der Waals surface area contributed by atoms with Crippen molar-refractivity contribution >= 4 is 16.6 Å². The Morgan fingerprint density at radius 3 is 2.79 bits per heavy atom. The number of hydrogen-bond donors (Lipinski definition) is 0. The molecule has 158 valence electrons. The van der Waals surface area contributed by atoms with E-state index in [2.05, 4.69) is 15.1 Å². The molecular weight excluding hydrogens is 422 g/mol. The summed E-state index contributed by atoms with van der Waals surface area (Å²) in [6.45, 7) is 0. The summed E-state index contributed by atoms with van der Waals surface area (Å²) in [4.78, 5) is 26.6. The van der Waals surface area contributed by atoms with Crippen LogP contribution in [0.1, 0.15) is 22.8 Å². The standard InChI is InChI=1S/C24H13N5O4/c30-24-18-17(16-8-4-10-31-16)19-22-27-21(13-5-3-9-25-11-13)28-29(22)12-26-23(19)33-20(18)14-6-1-2-7-15(14)32-24/h1-12,17H. The molecule has 7 rings (SSSR count). The van der Waals surface area contributed by atoms with Crippen molar-refractivity contribution in [2.24, 2.45) is 0 Å². The lowest BCUT2D eigenvalue weighted by Crippen LogP contribution is -2.22. The second-order valence-electron chi connectivity index (χ2n) is 7.59. The first-order valence-corrected chi connectivity index (χ1v) is 10.2.